The highest BCUT2D eigenvalue weighted by Crippen LogP contribution is 2.38. The summed E-state index contributed by atoms with van der Waals surface area (Å²) in [6.07, 6.45) is 4.37. The van der Waals surface area contributed by atoms with Gasteiger partial charge in [0.15, 0.2) is 0 Å². The van der Waals surface area contributed by atoms with Crippen LogP contribution in [0.15, 0.2) is 60.7 Å². The highest BCUT2D eigenvalue weighted by atomic mass is 35.5. The molecule has 356 valence electrons. The van der Waals surface area contributed by atoms with Gasteiger partial charge in [0.1, 0.15) is 52.4 Å². The average Bonchev–Trinajstić information content (AvgIpc) is 3.86. The van der Waals surface area contributed by atoms with Gasteiger partial charge in [-0.05, 0) is 68.1 Å². The van der Waals surface area contributed by atoms with Gasteiger partial charge in [0, 0.05) is 50.0 Å². The van der Waals surface area contributed by atoms with E-state index < -0.39 is 17.8 Å². The number of nitrogens with zero attached hydrogens (tertiary/aromatic N) is 8. The summed E-state index contributed by atoms with van der Waals surface area (Å²) in [5.41, 5.74) is 4.51. The normalized spacial score (nSPS) is 19.6. The fourth-order valence-corrected chi connectivity index (χ4v) is 9.37. The fraction of sp³-hybridized carbons (Fsp3) is 0.429. The molecule has 1 saturated carbocycles. The number of aromatic nitrogens is 5. The molecule has 1 aliphatic carbocycles. The number of esters is 2. The van der Waals surface area contributed by atoms with Crippen molar-refractivity contribution in [3.63, 3.8) is 0 Å². The first-order valence-electron chi connectivity index (χ1n) is 22.5. The predicted molar refractivity (Wildman–Crippen MR) is 248 cm³/mol. The van der Waals surface area contributed by atoms with Gasteiger partial charge in [-0.3, -0.25) is 4.90 Å². The summed E-state index contributed by atoms with van der Waals surface area (Å²) in [6.45, 7) is 5.11. The van der Waals surface area contributed by atoms with E-state index in [0.717, 1.165) is 86.0 Å². The van der Waals surface area contributed by atoms with Crippen LogP contribution in [0.2, 0.25) is 0 Å². The quantitative estimate of drug-likeness (QED) is 0.0774. The van der Waals surface area contributed by atoms with Crippen LogP contribution < -0.4 is 19.1 Å². The number of halogens is 2. The van der Waals surface area contributed by atoms with Crippen molar-refractivity contribution in [2.75, 3.05) is 59.6 Å². The van der Waals surface area contributed by atoms with Gasteiger partial charge in [-0.25, -0.2) is 23.9 Å². The Hall–Kier alpha value is -6.52. The first kappa shape index (κ1) is 46.6. The lowest BCUT2D eigenvalue weighted by Crippen LogP contribution is -2.64. The minimum absolute atomic E-state index is 0.0205. The minimum Gasteiger partial charge on any atom is -0.494 e. The van der Waals surface area contributed by atoms with E-state index in [1.165, 1.54) is 20.3 Å². The van der Waals surface area contributed by atoms with Crippen molar-refractivity contribution in [1.82, 2.24) is 29.0 Å². The SMILES string of the molecule is COC(=O)c1cc(OC)c2nc(CCl)n(C[C@@H]3CCO3)c2c1.COC(=O)c1cc(OC)c2nc(CN3CCN(c4cccc(OCc5ccc(C#N)cc5F)n4)[C@@H]4CC[C@H]43)n(C[C@@H]3CCO3)c2c1. The summed E-state index contributed by atoms with van der Waals surface area (Å²) in [5, 5.41) is 9.00. The molecule has 3 aromatic heterocycles. The topological polar surface area (TPSA) is 178 Å². The number of ether oxygens (including phenoxy) is 7. The molecular formula is C49H52ClFN8O9. The number of imidazole rings is 2. The Morgan fingerprint density at radius 1 is 0.779 bits per heavy atom. The third-order valence-electron chi connectivity index (χ3n) is 13.2. The van der Waals surface area contributed by atoms with Crippen molar-refractivity contribution < 1.29 is 47.1 Å². The minimum atomic E-state index is -0.472. The maximum atomic E-state index is 14.4. The van der Waals surface area contributed by atoms with E-state index in [1.54, 1.807) is 50.6 Å². The summed E-state index contributed by atoms with van der Waals surface area (Å²) in [6, 6.07) is 19.5. The van der Waals surface area contributed by atoms with E-state index in [-0.39, 0.29) is 30.3 Å². The summed E-state index contributed by atoms with van der Waals surface area (Å²) in [7, 11) is 5.85. The van der Waals surface area contributed by atoms with E-state index in [9.17, 15) is 14.0 Å². The molecule has 68 heavy (non-hydrogen) atoms. The Morgan fingerprint density at radius 2 is 1.38 bits per heavy atom. The van der Waals surface area contributed by atoms with Crippen molar-refractivity contribution in [1.29, 1.82) is 5.26 Å². The largest absolute Gasteiger partial charge is 0.494 e. The van der Waals surface area contributed by atoms with Crippen molar-refractivity contribution in [3.8, 4) is 23.4 Å². The van der Waals surface area contributed by atoms with Crippen LogP contribution in [0.5, 0.6) is 17.4 Å². The van der Waals surface area contributed by atoms with Crippen LogP contribution in [0.4, 0.5) is 10.2 Å². The van der Waals surface area contributed by atoms with E-state index >= 15 is 0 Å². The standard InChI is InChI=1S/C34H35FN6O5.C15H17ClN2O4/c1-43-29-16-23(34(42)44-2)15-28-33(29)38-31(41(28)18-24-10-13-45-24)19-39-11-12-40(27-9-8-26(27)39)30-4-3-5-32(37-30)46-20-22-7-6-21(17-36)14-25(22)35;1-20-12-6-9(15(19)21-2)5-11-14(12)17-13(7-16)18(11)8-10-3-4-22-10/h3-7,14-16,24,26-27H,8-13,18-20H2,1-2H3;5-6,10H,3-4,7-8H2,1-2H3/t24-,26+,27+;10-/m00/s1. The van der Waals surface area contributed by atoms with Gasteiger partial charge in [0.25, 0.3) is 0 Å². The van der Waals surface area contributed by atoms with Gasteiger partial charge in [0.05, 0.1) is 100.0 Å². The molecule has 6 heterocycles. The zero-order chi connectivity index (χ0) is 47.5. The molecule has 4 atom stereocenters. The van der Waals surface area contributed by atoms with Crippen molar-refractivity contribution in [2.45, 2.75) is 82.1 Å². The lowest BCUT2D eigenvalue weighted by atomic mass is 9.81. The zero-order valence-corrected chi connectivity index (χ0v) is 39.0. The summed E-state index contributed by atoms with van der Waals surface area (Å²) < 4.78 is 56.5. The molecule has 0 amide bonds. The highest BCUT2D eigenvalue weighted by molar-refractivity contribution is 6.17. The lowest BCUT2D eigenvalue weighted by Gasteiger charge is -2.54. The van der Waals surface area contributed by atoms with Gasteiger partial charge >= 0.3 is 11.9 Å². The molecule has 4 fully saturated rings. The Labute approximate surface area is 397 Å². The molecule has 0 spiro atoms. The molecule has 19 heteroatoms. The van der Waals surface area contributed by atoms with Gasteiger partial charge in [-0.1, -0.05) is 12.1 Å². The number of piperazine rings is 1. The Bertz CT molecular complexity index is 2880. The van der Waals surface area contributed by atoms with Gasteiger partial charge in [0.2, 0.25) is 5.88 Å². The third-order valence-corrected chi connectivity index (χ3v) is 13.4. The number of nitriles is 1. The molecule has 17 nitrogen and oxygen atoms in total. The first-order chi connectivity index (χ1) is 33.1. The van der Waals surface area contributed by atoms with E-state index in [4.69, 9.17) is 60.0 Å². The van der Waals surface area contributed by atoms with Crippen molar-refractivity contribution in [3.05, 3.63) is 100 Å². The smallest absolute Gasteiger partial charge is 0.338 e. The molecule has 6 aromatic rings. The Balaban J connectivity index is 0.000000219. The first-order valence-corrected chi connectivity index (χ1v) is 23.1. The monoisotopic (exact) mass is 950 g/mol. The number of fused-ring (bicyclic) bond motifs is 3. The number of methoxy groups -OCH3 is 4. The van der Waals surface area contributed by atoms with Crippen LogP contribution in [-0.4, -0.2) is 120 Å². The summed E-state index contributed by atoms with van der Waals surface area (Å²) in [5.74, 6) is 2.92. The Morgan fingerprint density at radius 3 is 1.90 bits per heavy atom. The van der Waals surface area contributed by atoms with Gasteiger partial charge in [-0.2, -0.15) is 10.2 Å². The van der Waals surface area contributed by atoms with Crippen LogP contribution in [0.1, 0.15) is 69.2 Å². The van der Waals surface area contributed by atoms with Crippen LogP contribution >= 0.6 is 11.6 Å². The second-order valence-corrected chi connectivity index (χ2v) is 17.2. The number of carbonyl (C=O) groups excluding carboxylic acids is 2. The number of alkyl halides is 1. The van der Waals surface area contributed by atoms with E-state index in [1.807, 2.05) is 28.8 Å². The maximum Gasteiger partial charge on any atom is 0.338 e. The van der Waals surface area contributed by atoms with Crippen LogP contribution in [0, 0.1) is 17.1 Å². The Kier molecular flexibility index (Phi) is 14.0. The molecule has 0 bridgehead atoms. The van der Waals surface area contributed by atoms with Gasteiger partial charge < -0.3 is 47.2 Å². The molecule has 3 saturated heterocycles. The molecule has 0 N–H and O–H groups in total. The van der Waals surface area contributed by atoms with Crippen molar-refractivity contribution in [2.24, 2.45) is 0 Å². The van der Waals surface area contributed by atoms with Crippen LogP contribution in [-0.2, 0) is 51.1 Å². The summed E-state index contributed by atoms with van der Waals surface area (Å²) >= 11 is 6.02. The third kappa shape index (κ3) is 9.35. The molecule has 3 aromatic carbocycles. The number of benzene rings is 3. The molecule has 0 radical (unpaired) electrons. The van der Waals surface area contributed by atoms with Crippen LogP contribution in [0.3, 0.4) is 0 Å². The number of carbonyl (C=O) groups is 2. The van der Waals surface area contributed by atoms with E-state index in [2.05, 4.69) is 19.4 Å². The molecule has 0 unspecified atom stereocenters. The van der Waals surface area contributed by atoms with E-state index in [0.29, 0.717) is 71.3 Å². The average molecular weight is 951 g/mol. The van der Waals surface area contributed by atoms with Crippen LogP contribution in [0.25, 0.3) is 22.1 Å². The van der Waals surface area contributed by atoms with Gasteiger partial charge in [-0.15, -0.1) is 11.6 Å². The number of hydrogen-bond donors (Lipinski definition) is 0. The number of anilines is 1. The highest BCUT2D eigenvalue weighted by Gasteiger charge is 2.44. The fourth-order valence-electron chi connectivity index (χ4n) is 9.17. The van der Waals surface area contributed by atoms with Crippen molar-refractivity contribution >= 4 is 51.4 Å². The second-order valence-electron chi connectivity index (χ2n) is 17.0. The predicted octanol–water partition coefficient (Wildman–Crippen LogP) is 6.82. The molecule has 4 aliphatic rings. The number of rotatable bonds is 15. The molecule has 3 aliphatic heterocycles. The lowest BCUT2D eigenvalue weighted by molar-refractivity contribution is -0.0594. The number of hydrogen-bond acceptors (Lipinski definition) is 15. The molecule has 10 rings (SSSR count). The summed E-state index contributed by atoms with van der Waals surface area (Å²) in [4.78, 5) is 43.5. The molecular weight excluding hydrogens is 899 g/mol. The maximum absolute atomic E-state index is 14.4. The number of pyridine rings is 1. The second kappa shape index (κ2) is 20.4. The zero-order valence-electron chi connectivity index (χ0n) is 38.3.